The molecule has 0 aliphatic rings. The van der Waals surface area contributed by atoms with Crippen LogP contribution in [0.4, 0.5) is 10.6 Å². The predicted molar refractivity (Wildman–Crippen MR) is 70.1 cm³/mol. The van der Waals surface area contributed by atoms with E-state index in [9.17, 15) is 4.79 Å². The second-order valence-electron chi connectivity index (χ2n) is 5.40. The lowest BCUT2D eigenvalue weighted by atomic mass is 9.97. The highest BCUT2D eigenvalue weighted by Gasteiger charge is 2.21. The lowest BCUT2D eigenvalue weighted by Crippen LogP contribution is -2.28. The Kier molecular flexibility index (Phi) is 3.73. The Labute approximate surface area is 115 Å². The lowest BCUT2D eigenvalue weighted by molar-refractivity contribution is 0.251. The number of nitrogens with zero attached hydrogens (tertiary/aromatic N) is 3. The molecule has 20 heavy (non-hydrogen) atoms. The van der Waals surface area contributed by atoms with E-state index in [1.54, 1.807) is 13.0 Å². The average molecular weight is 279 g/mol. The maximum Gasteiger partial charge on any atom is 0.320 e. The molecule has 2 N–H and O–H groups in total. The summed E-state index contributed by atoms with van der Waals surface area (Å²) in [6.45, 7) is 7.82. The zero-order valence-electron chi connectivity index (χ0n) is 11.9. The van der Waals surface area contributed by atoms with Crippen LogP contribution in [0.3, 0.4) is 0 Å². The predicted octanol–water partition coefficient (Wildman–Crippen LogP) is 1.99. The molecule has 2 aromatic heterocycles. The normalized spacial score (nSPS) is 11.4. The minimum atomic E-state index is -0.416. The molecule has 0 saturated heterocycles. The van der Waals surface area contributed by atoms with Crippen LogP contribution in [0.25, 0.3) is 0 Å². The molecule has 0 unspecified atom stereocenters. The summed E-state index contributed by atoms with van der Waals surface area (Å²) in [5.41, 5.74) is -0.217. The molecule has 0 atom stereocenters. The van der Waals surface area contributed by atoms with Gasteiger partial charge in [-0.05, 0) is 6.92 Å². The molecule has 2 rings (SSSR count). The maximum atomic E-state index is 11.6. The third kappa shape index (κ3) is 3.56. The fourth-order valence-electron chi connectivity index (χ4n) is 1.38. The molecule has 0 radical (unpaired) electrons. The van der Waals surface area contributed by atoms with Gasteiger partial charge in [-0.25, -0.2) is 4.79 Å². The summed E-state index contributed by atoms with van der Waals surface area (Å²) in [7, 11) is 0. The molecule has 0 saturated carbocycles. The van der Waals surface area contributed by atoms with Crippen molar-refractivity contribution in [3.8, 4) is 0 Å². The standard InChI is InChI=1S/C12H17N5O3/c1-7-5-8(16-19-7)15-11(18)13-6-9-14-10(20-17-9)12(2,3)4/h5H,6H2,1-4H3,(H2,13,15,16,18). The zero-order valence-corrected chi connectivity index (χ0v) is 11.9. The van der Waals surface area contributed by atoms with Crippen LogP contribution in [0.2, 0.25) is 0 Å². The van der Waals surface area contributed by atoms with E-state index in [1.807, 2.05) is 20.8 Å². The Morgan fingerprint density at radius 3 is 2.60 bits per heavy atom. The second kappa shape index (κ2) is 5.32. The molecule has 0 aromatic carbocycles. The van der Waals surface area contributed by atoms with Crippen LogP contribution in [0.5, 0.6) is 0 Å². The molecule has 0 aliphatic heterocycles. The number of amides is 2. The van der Waals surface area contributed by atoms with Crippen molar-refractivity contribution in [1.82, 2.24) is 20.6 Å². The molecule has 0 spiro atoms. The highest BCUT2D eigenvalue weighted by Crippen LogP contribution is 2.19. The first-order valence-corrected chi connectivity index (χ1v) is 6.16. The van der Waals surface area contributed by atoms with Gasteiger partial charge in [0, 0.05) is 11.5 Å². The number of carbonyl (C=O) groups is 1. The molecule has 2 heterocycles. The van der Waals surface area contributed by atoms with Gasteiger partial charge in [0.15, 0.2) is 11.6 Å². The SMILES string of the molecule is Cc1cc(NC(=O)NCc2noc(C(C)(C)C)n2)no1. The number of anilines is 1. The molecule has 2 amide bonds. The number of carbonyl (C=O) groups excluding carboxylic acids is 1. The van der Waals surface area contributed by atoms with Gasteiger partial charge in [-0.1, -0.05) is 31.1 Å². The van der Waals surface area contributed by atoms with Crippen molar-refractivity contribution in [3.63, 3.8) is 0 Å². The molecule has 2 aromatic rings. The second-order valence-corrected chi connectivity index (χ2v) is 5.40. The van der Waals surface area contributed by atoms with Gasteiger partial charge in [-0.15, -0.1) is 0 Å². The van der Waals surface area contributed by atoms with Crippen LogP contribution in [-0.2, 0) is 12.0 Å². The fraction of sp³-hybridized carbons (Fsp3) is 0.500. The van der Waals surface area contributed by atoms with Crippen molar-refractivity contribution in [3.05, 3.63) is 23.5 Å². The van der Waals surface area contributed by atoms with Gasteiger partial charge in [0.1, 0.15) is 5.76 Å². The summed E-state index contributed by atoms with van der Waals surface area (Å²) >= 11 is 0. The summed E-state index contributed by atoms with van der Waals surface area (Å²) < 4.78 is 9.96. The number of nitrogens with one attached hydrogen (secondary N) is 2. The van der Waals surface area contributed by atoms with Gasteiger partial charge < -0.3 is 14.4 Å². The third-order valence-corrected chi connectivity index (χ3v) is 2.39. The van der Waals surface area contributed by atoms with Crippen molar-refractivity contribution < 1.29 is 13.8 Å². The highest BCUT2D eigenvalue weighted by atomic mass is 16.5. The Hall–Kier alpha value is -2.38. The van der Waals surface area contributed by atoms with Crippen molar-refractivity contribution in [1.29, 1.82) is 0 Å². The molecule has 8 heteroatoms. The van der Waals surface area contributed by atoms with Crippen LogP contribution in [0.1, 0.15) is 38.2 Å². The largest absolute Gasteiger partial charge is 0.360 e. The fourth-order valence-corrected chi connectivity index (χ4v) is 1.38. The number of hydrogen-bond acceptors (Lipinski definition) is 6. The van der Waals surface area contributed by atoms with Crippen LogP contribution >= 0.6 is 0 Å². The molecular weight excluding hydrogens is 262 g/mol. The van der Waals surface area contributed by atoms with Crippen molar-refractivity contribution in [2.75, 3.05) is 5.32 Å². The minimum absolute atomic E-state index is 0.169. The zero-order chi connectivity index (χ0) is 14.8. The molecular formula is C12H17N5O3. The molecule has 0 bridgehead atoms. The van der Waals surface area contributed by atoms with Crippen molar-refractivity contribution in [2.24, 2.45) is 0 Å². The van der Waals surface area contributed by atoms with E-state index < -0.39 is 6.03 Å². The van der Waals surface area contributed by atoms with E-state index in [2.05, 4.69) is 25.9 Å². The molecule has 0 aliphatic carbocycles. The summed E-state index contributed by atoms with van der Waals surface area (Å²) in [5, 5.41) is 12.6. The van der Waals surface area contributed by atoms with Gasteiger partial charge in [-0.2, -0.15) is 4.98 Å². The molecule has 0 fully saturated rings. The first-order valence-electron chi connectivity index (χ1n) is 6.16. The summed E-state index contributed by atoms with van der Waals surface area (Å²) in [4.78, 5) is 15.8. The van der Waals surface area contributed by atoms with Gasteiger partial charge in [0.2, 0.25) is 5.89 Å². The van der Waals surface area contributed by atoms with E-state index in [0.717, 1.165) is 0 Å². The number of urea groups is 1. The van der Waals surface area contributed by atoms with E-state index in [-0.39, 0.29) is 12.0 Å². The first kappa shape index (κ1) is 14.0. The van der Waals surface area contributed by atoms with Crippen LogP contribution in [0, 0.1) is 6.92 Å². The Bertz CT molecular complexity index is 596. The van der Waals surface area contributed by atoms with Gasteiger partial charge >= 0.3 is 6.03 Å². The van der Waals surface area contributed by atoms with Gasteiger partial charge in [0.25, 0.3) is 0 Å². The Balaban J connectivity index is 1.86. The highest BCUT2D eigenvalue weighted by molar-refractivity contribution is 5.87. The first-order chi connectivity index (χ1) is 9.34. The summed E-state index contributed by atoms with van der Waals surface area (Å²) in [5.74, 6) is 1.92. The van der Waals surface area contributed by atoms with Crippen LogP contribution in [-0.4, -0.2) is 21.3 Å². The molecule has 8 nitrogen and oxygen atoms in total. The van der Waals surface area contributed by atoms with Gasteiger partial charge in [-0.3, -0.25) is 5.32 Å². The van der Waals surface area contributed by atoms with E-state index in [1.165, 1.54) is 0 Å². The van der Waals surface area contributed by atoms with E-state index in [4.69, 9.17) is 9.05 Å². The monoisotopic (exact) mass is 279 g/mol. The number of rotatable bonds is 3. The quantitative estimate of drug-likeness (QED) is 0.889. The molecule has 108 valence electrons. The van der Waals surface area contributed by atoms with E-state index in [0.29, 0.717) is 23.3 Å². The minimum Gasteiger partial charge on any atom is -0.360 e. The average Bonchev–Trinajstić information content (AvgIpc) is 2.95. The number of hydrogen-bond donors (Lipinski definition) is 2. The third-order valence-electron chi connectivity index (χ3n) is 2.39. The topological polar surface area (TPSA) is 106 Å². The maximum absolute atomic E-state index is 11.6. The lowest BCUT2D eigenvalue weighted by Gasteiger charge is -2.10. The van der Waals surface area contributed by atoms with Crippen molar-refractivity contribution in [2.45, 2.75) is 39.7 Å². The summed E-state index contributed by atoms with van der Waals surface area (Å²) in [6.07, 6.45) is 0. The Morgan fingerprint density at radius 1 is 1.30 bits per heavy atom. The van der Waals surface area contributed by atoms with Gasteiger partial charge in [0.05, 0.1) is 6.54 Å². The summed E-state index contributed by atoms with van der Waals surface area (Å²) in [6, 6.07) is 1.20. The van der Waals surface area contributed by atoms with E-state index >= 15 is 0 Å². The smallest absolute Gasteiger partial charge is 0.320 e. The van der Waals surface area contributed by atoms with Crippen LogP contribution < -0.4 is 10.6 Å². The Morgan fingerprint density at radius 2 is 2.05 bits per heavy atom. The van der Waals surface area contributed by atoms with Crippen LogP contribution in [0.15, 0.2) is 15.1 Å². The number of aromatic nitrogens is 3. The number of aryl methyl sites for hydroxylation is 1. The van der Waals surface area contributed by atoms with Crippen molar-refractivity contribution >= 4 is 11.8 Å².